The van der Waals surface area contributed by atoms with Crippen LogP contribution in [0.25, 0.3) is 43.1 Å². The number of hydrogen-bond donors (Lipinski definition) is 0. The van der Waals surface area contributed by atoms with E-state index in [1.54, 1.807) is 0 Å². The maximum absolute atomic E-state index is 13.4. The van der Waals surface area contributed by atoms with Crippen LogP contribution in [-0.4, -0.2) is 0 Å². The zero-order valence-electron chi connectivity index (χ0n) is 17.4. The Bertz CT molecular complexity index is 1600. The van der Waals surface area contributed by atoms with E-state index in [-0.39, 0.29) is 0 Å². The molecule has 6 aromatic carbocycles. The molecule has 0 saturated carbocycles. The van der Waals surface area contributed by atoms with Gasteiger partial charge in [0.2, 0.25) is 0 Å². The summed E-state index contributed by atoms with van der Waals surface area (Å²) in [7, 11) is 0. The van der Waals surface area contributed by atoms with Crippen LogP contribution in [0.3, 0.4) is 0 Å². The van der Waals surface area contributed by atoms with Crippen molar-refractivity contribution in [1.82, 2.24) is 0 Å². The number of benzene rings is 6. The van der Waals surface area contributed by atoms with Crippen LogP contribution >= 0.6 is 21.8 Å². The largest absolute Gasteiger partial charge is 0.498 e. The van der Waals surface area contributed by atoms with Crippen molar-refractivity contribution in [2.45, 2.75) is 0 Å². The van der Waals surface area contributed by atoms with Crippen molar-refractivity contribution in [3.05, 3.63) is 109 Å². The molecule has 6 rings (SSSR count). The summed E-state index contributed by atoms with van der Waals surface area (Å²) in [5.41, 5.74) is 0. The van der Waals surface area contributed by atoms with Crippen LogP contribution < -0.4 is 9.05 Å². The van der Waals surface area contributed by atoms with Crippen molar-refractivity contribution in [1.29, 1.82) is 0 Å². The van der Waals surface area contributed by atoms with Gasteiger partial charge in [-0.2, -0.15) is 0 Å². The Morgan fingerprint density at radius 2 is 0.848 bits per heavy atom. The summed E-state index contributed by atoms with van der Waals surface area (Å²) in [5, 5.41) is 8.24. The van der Waals surface area contributed by atoms with E-state index >= 15 is 0 Å². The van der Waals surface area contributed by atoms with Crippen LogP contribution in [0.5, 0.6) is 11.5 Å². The molecule has 0 saturated heterocycles. The van der Waals surface area contributed by atoms with Crippen molar-refractivity contribution >= 4 is 64.9 Å². The van der Waals surface area contributed by atoms with Gasteiger partial charge in [0.15, 0.2) is 0 Å². The molecule has 3 nitrogen and oxygen atoms in total. The molecule has 0 unspecified atom stereocenters. The van der Waals surface area contributed by atoms with E-state index in [1.807, 2.05) is 60.7 Å². The molecule has 0 N–H and O–H groups in total. The molecule has 0 spiro atoms. The zero-order valence-corrected chi connectivity index (χ0v) is 19.9. The number of halogens is 1. The van der Waals surface area contributed by atoms with Gasteiger partial charge < -0.3 is 9.05 Å². The Kier molecular flexibility index (Phi) is 4.86. The molecule has 6 aromatic rings. The summed E-state index contributed by atoms with van der Waals surface area (Å²) in [4.78, 5) is 0. The third-order valence-corrected chi connectivity index (χ3v) is 7.53. The Morgan fingerprint density at radius 1 is 0.485 bits per heavy atom. The van der Waals surface area contributed by atoms with Gasteiger partial charge in [-0.25, -0.2) is 4.57 Å². The number of rotatable bonds is 4. The molecule has 0 heterocycles. The lowest BCUT2D eigenvalue weighted by Crippen LogP contribution is -1.96. The van der Waals surface area contributed by atoms with Gasteiger partial charge in [-0.3, -0.25) is 0 Å². The highest BCUT2D eigenvalue weighted by molar-refractivity contribution is 9.39. The van der Waals surface area contributed by atoms with Crippen molar-refractivity contribution < 1.29 is 13.6 Å². The Labute approximate surface area is 198 Å². The van der Waals surface area contributed by atoms with Gasteiger partial charge in [-0.05, 0) is 68.7 Å². The summed E-state index contributed by atoms with van der Waals surface area (Å²) in [6, 6.07) is 36.0. The van der Waals surface area contributed by atoms with Gasteiger partial charge >= 0.3 is 6.30 Å². The molecule has 33 heavy (non-hydrogen) atoms. The first-order valence-electron chi connectivity index (χ1n) is 10.6. The van der Waals surface area contributed by atoms with Crippen molar-refractivity contribution in [2.75, 3.05) is 0 Å². The quantitative estimate of drug-likeness (QED) is 0.174. The summed E-state index contributed by atoms with van der Waals surface area (Å²) in [6.07, 6.45) is -3.65. The summed E-state index contributed by atoms with van der Waals surface area (Å²) in [5.74, 6) is 1.01. The molecule has 0 bridgehead atoms. The standard InChI is InChI=1S/C28H18BrO3P/c29-33(30,31-27-13-5-11-23-15-19-7-1-3-9-21(19)17-25(23)27)32-28-14-6-12-24-16-20-8-2-4-10-22(20)18-26(24)28/h1-18H. The minimum absolute atomic E-state index is 0.504. The fourth-order valence-electron chi connectivity index (χ4n) is 4.29. The first kappa shape index (κ1) is 20.3. The van der Waals surface area contributed by atoms with E-state index in [0.717, 1.165) is 43.1 Å². The molecular weight excluding hydrogens is 495 g/mol. The van der Waals surface area contributed by atoms with Crippen LogP contribution in [0.2, 0.25) is 0 Å². The predicted octanol–water partition coefficient (Wildman–Crippen LogP) is 9.26. The highest BCUT2D eigenvalue weighted by Gasteiger charge is 2.26. The van der Waals surface area contributed by atoms with Crippen molar-refractivity contribution in [3.8, 4) is 11.5 Å². The minimum Gasteiger partial charge on any atom is -0.408 e. The smallest absolute Gasteiger partial charge is 0.408 e. The molecule has 0 aliphatic carbocycles. The Morgan fingerprint density at radius 3 is 1.27 bits per heavy atom. The number of fused-ring (bicyclic) bond motifs is 4. The SMILES string of the molecule is O=P(Br)(Oc1cccc2cc3ccccc3cc12)Oc1cccc2cc3ccccc3cc12. The predicted molar refractivity (Wildman–Crippen MR) is 141 cm³/mol. The molecule has 0 atom stereocenters. The van der Waals surface area contributed by atoms with E-state index in [4.69, 9.17) is 9.05 Å². The second-order valence-electron chi connectivity index (χ2n) is 7.97. The normalized spacial score (nSPS) is 11.9. The lowest BCUT2D eigenvalue weighted by molar-refractivity contribution is 0.413. The molecule has 0 aromatic heterocycles. The van der Waals surface area contributed by atoms with E-state index in [2.05, 4.69) is 64.0 Å². The maximum Gasteiger partial charge on any atom is 0.498 e. The summed E-state index contributed by atoms with van der Waals surface area (Å²) in [6.45, 7) is 0. The molecule has 0 fully saturated rings. The van der Waals surface area contributed by atoms with E-state index in [1.165, 1.54) is 0 Å². The Balaban J connectivity index is 1.40. The second-order valence-corrected chi connectivity index (χ2v) is 11.8. The van der Waals surface area contributed by atoms with Crippen LogP contribution in [0, 0.1) is 0 Å². The lowest BCUT2D eigenvalue weighted by Gasteiger charge is -2.17. The fraction of sp³-hybridized carbons (Fsp3) is 0. The monoisotopic (exact) mass is 512 g/mol. The summed E-state index contributed by atoms with van der Waals surface area (Å²) < 4.78 is 25.3. The first-order chi connectivity index (χ1) is 16.1. The van der Waals surface area contributed by atoms with Crippen molar-refractivity contribution in [2.24, 2.45) is 0 Å². The van der Waals surface area contributed by atoms with Crippen LogP contribution in [-0.2, 0) is 4.57 Å². The summed E-state index contributed by atoms with van der Waals surface area (Å²) >= 11 is 3.24. The van der Waals surface area contributed by atoms with E-state index in [9.17, 15) is 4.57 Å². The van der Waals surface area contributed by atoms with E-state index < -0.39 is 6.30 Å². The van der Waals surface area contributed by atoms with Crippen molar-refractivity contribution in [3.63, 3.8) is 0 Å². The van der Waals surface area contributed by atoms with Gasteiger partial charge in [0.05, 0.1) is 15.5 Å². The third-order valence-electron chi connectivity index (χ3n) is 5.83. The maximum atomic E-state index is 13.4. The molecule has 0 amide bonds. The molecule has 0 radical (unpaired) electrons. The molecular formula is C28H18BrO3P. The highest BCUT2D eigenvalue weighted by Crippen LogP contribution is 2.57. The number of hydrogen-bond acceptors (Lipinski definition) is 3. The Hall–Kier alpha value is -3.33. The van der Waals surface area contributed by atoms with Crippen LogP contribution in [0.1, 0.15) is 0 Å². The third kappa shape index (κ3) is 3.86. The molecule has 0 aliphatic heterocycles. The van der Waals surface area contributed by atoms with Crippen LogP contribution in [0.15, 0.2) is 109 Å². The average Bonchev–Trinajstić information content (AvgIpc) is 2.82. The first-order valence-corrected chi connectivity index (χ1v) is 14.1. The van der Waals surface area contributed by atoms with Gasteiger partial charge in [-0.1, -0.05) is 72.8 Å². The van der Waals surface area contributed by atoms with Crippen LogP contribution in [0.4, 0.5) is 0 Å². The molecule has 160 valence electrons. The average molecular weight is 513 g/mol. The second kappa shape index (κ2) is 7.91. The van der Waals surface area contributed by atoms with Gasteiger partial charge in [0.1, 0.15) is 11.5 Å². The fourth-order valence-corrected chi connectivity index (χ4v) is 6.05. The zero-order chi connectivity index (χ0) is 22.4. The van der Waals surface area contributed by atoms with E-state index in [0.29, 0.717) is 11.5 Å². The van der Waals surface area contributed by atoms with Gasteiger partial charge in [0.25, 0.3) is 0 Å². The molecule has 5 heteroatoms. The van der Waals surface area contributed by atoms with Gasteiger partial charge in [0, 0.05) is 10.8 Å². The topological polar surface area (TPSA) is 35.5 Å². The van der Waals surface area contributed by atoms with Gasteiger partial charge in [-0.15, -0.1) is 0 Å². The highest BCUT2D eigenvalue weighted by atomic mass is 79.9. The lowest BCUT2D eigenvalue weighted by atomic mass is 10.0. The minimum atomic E-state index is -3.65. The molecule has 0 aliphatic rings.